The first-order chi connectivity index (χ1) is 19.5. The van der Waals surface area contributed by atoms with Crippen molar-refractivity contribution in [1.29, 1.82) is 0 Å². The minimum absolute atomic E-state index is 0.233. The molecule has 4 aromatic rings. The maximum Gasteiger partial charge on any atom is 0.338 e. The smallest absolute Gasteiger partial charge is 0.338 e. The molecule has 9 heteroatoms. The molecule has 1 aliphatic rings. The van der Waals surface area contributed by atoms with Crippen LogP contribution < -0.4 is 19.6 Å². The van der Waals surface area contributed by atoms with Gasteiger partial charge in [0.15, 0.2) is 4.80 Å². The van der Waals surface area contributed by atoms with Gasteiger partial charge in [0.05, 0.1) is 29.0 Å². The number of benzene rings is 2. The van der Waals surface area contributed by atoms with Gasteiger partial charge in [0.25, 0.3) is 5.56 Å². The Bertz CT molecular complexity index is 1890. The first kappa shape index (κ1) is 28.8. The molecule has 3 heterocycles. The van der Waals surface area contributed by atoms with E-state index in [0.29, 0.717) is 31.9 Å². The fourth-order valence-corrected chi connectivity index (χ4v) is 6.73. The molecule has 0 saturated carbocycles. The van der Waals surface area contributed by atoms with E-state index >= 15 is 0 Å². The average Bonchev–Trinajstić information content (AvgIpc) is 3.36. The Kier molecular flexibility index (Phi) is 7.94. The number of esters is 1. The molecule has 5 rings (SSSR count). The van der Waals surface area contributed by atoms with Crippen molar-refractivity contribution in [2.75, 3.05) is 7.11 Å². The number of aryl methyl sites for hydroxylation is 2. The zero-order valence-electron chi connectivity index (χ0n) is 24.1. The second-order valence-corrected chi connectivity index (χ2v) is 12.3. The normalized spacial score (nSPS) is 15.2. The molecule has 0 spiro atoms. The van der Waals surface area contributed by atoms with Gasteiger partial charge in [0, 0.05) is 27.1 Å². The number of methoxy groups -OCH3 is 1. The first-order valence-electron chi connectivity index (χ1n) is 13.3. The number of aromatic nitrogens is 2. The molecule has 0 radical (unpaired) electrons. The second-order valence-electron chi connectivity index (χ2n) is 10.4. The van der Waals surface area contributed by atoms with Crippen LogP contribution >= 0.6 is 27.3 Å². The minimum Gasteiger partial charge on any atom is -0.496 e. The Morgan fingerprint density at radius 3 is 2.54 bits per heavy atom. The summed E-state index contributed by atoms with van der Waals surface area (Å²) in [5, 5.41) is 0. The number of fused-ring (bicyclic) bond motifs is 1. The third-order valence-corrected chi connectivity index (χ3v) is 8.56. The number of carbonyl (C=O) groups excluding carboxylic acids is 1. The number of thiazole rings is 1. The number of ether oxygens (including phenoxy) is 2. The maximum absolute atomic E-state index is 14.1. The first-order valence-corrected chi connectivity index (χ1v) is 14.9. The summed E-state index contributed by atoms with van der Waals surface area (Å²) < 4.78 is 16.4. The van der Waals surface area contributed by atoms with E-state index in [4.69, 9.17) is 14.5 Å². The van der Waals surface area contributed by atoms with Crippen molar-refractivity contribution in [3.8, 4) is 11.4 Å². The quantitative estimate of drug-likeness (QED) is 0.256. The lowest BCUT2D eigenvalue weighted by molar-refractivity contribution is -0.143. The van der Waals surface area contributed by atoms with Crippen LogP contribution in [0, 0.1) is 20.8 Å². The number of nitrogens with zero attached hydrogens (tertiary/aromatic N) is 3. The lowest BCUT2D eigenvalue weighted by atomic mass is 9.95. The van der Waals surface area contributed by atoms with Gasteiger partial charge in [-0.2, -0.15) is 0 Å². The van der Waals surface area contributed by atoms with Crippen LogP contribution in [0.1, 0.15) is 54.9 Å². The molecular formula is C32H32BrN3O4S. The average molecular weight is 635 g/mol. The molecule has 0 fully saturated rings. The highest BCUT2D eigenvalue weighted by Crippen LogP contribution is 2.37. The summed E-state index contributed by atoms with van der Waals surface area (Å²) in [6, 6.07) is 15.2. The van der Waals surface area contributed by atoms with Gasteiger partial charge in [0.1, 0.15) is 11.8 Å². The monoisotopic (exact) mass is 633 g/mol. The lowest BCUT2D eigenvalue weighted by Crippen LogP contribution is -2.40. The molecule has 1 aliphatic heterocycles. The summed E-state index contributed by atoms with van der Waals surface area (Å²) in [6.07, 6.45) is 1.58. The Balaban J connectivity index is 1.73. The van der Waals surface area contributed by atoms with Crippen molar-refractivity contribution in [3.63, 3.8) is 0 Å². The Labute approximate surface area is 251 Å². The molecule has 0 N–H and O–H groups in total. The van der Waals surface area contributed by atoms with E-state index in [1.807, 2.05) is 30.3 Å². The highest BCUT2D eigenvalue weighted by Gasteiger charge is 2.35. The standard InChI is InChI=1S/C32H32BrN3O4S/c1-17(2)40-31(38)28-20(5)34-32-36(29(28)25-16-23(33)11-12-26(25)39-7)30(37)27(41-32)15-22-14-19(4)35(21(22)6)24-10-8-9-18(3)13-24/h8-17,29H,1-7H3/b27-15-/t29-/m1/s1. The van der Waals surface area contributed by atoms with Crippen molar-refractivity contribution >= 4 is 39.3 Å². The van der Waals surface area contributed by atoms with Gasteiger partial charge in [-0.15, -0.1) is 0 Å². The Morgan fingerprint density at radius 1 is 1.10 bits per heavy atom. The third kappa shape index (κ3) is 5.36. The SMILES string of the molecule is COc1ccc(Br)cc1[C@@H]1C(C(=O)OC(C)C)=C(C)N=c2s/c(=C\c3cc(C)n(-c4cccc(C)c4)c3C)c(=O)n21. The summed E-state index contributed by atoms with van der Waals surface area (Å²) in [4.78, 5) is 32.8. The number of allylic oxidation sites excluding steroid dienone is 1. The Hall–Kier alpha value is -3.69. The highest BCUT2D eigenvalue weighted by atomic mass is 79.9. The number of carbonyl (C=O) groups is 1. The van der Waals surface area contributed by atoms with Crippen LogP contribution in [0.5, 0.6) is 5.75 Å². The van der Waals surface area contributed by atoms with Gasteiger partial charge in [-0.25, -0.2) is 9.79 Å². The Morgan fingerprint density at radius 2 is 1.85 bits per heavy atom. The molecule has 0 amide bonds. The largest absolute Gasteiger partial charge is 0.496 e. The van der Waals surface area contributed by atoms with Crippen LogP contribution in [0.2, 0.25) is 0 Å². The number of hydrogen-bond donors (Lipinski definition) is 0. The van der Waals surface area contributed by atoms with Gasteiger partial charge in [0.2, 0.25) is 0 Å². The van der Waals surface area contributed by atoms with Crippen molar-refractivity contribution < 1.29 is 14.3 Å². The molecule has 7 nitrogen and oxygen atoms in total. The van der Waals surface area contributed by atoms with E-state index in [2.05, 4.69) is 65.5 Å². The molecule has 41 heavy (non-hydrogen) atoms. The second kappa shape index (κ2) is 11.3. The van der Waals surface area contributed by atoms with E-state index in [1.165, 1.54) is 16.9 Å². The van der Waals surface area contributed by atoms with E-state index in [0.717, 1.165) is 27.1 Å². The van der Waals surface area contributed by atoms with Crippen molar-refractivity contribution in [3.05, 3.63) is 112 Å². The molecule has 0 saturated heterocycles. The number of hydrogen-bond acceptors (Lipinski definition) is 6. The highest BCUT2D eigenvalue weighted by molar-refractivity contribution is 9.10. The molecule has 0 bridgehead atoms. The summed E-state index contributed by atoms with van der Waals surface area (Å²) in [5.41, 5.74) is 6.54. The maximum atomic E-state index is 14.1. The van der Waals surface area contributed by atoms with Crippen LogP contribution in [-0.2, 0) is 9.53 Å². The number of halogens is 1. The van der Waals surface area contributed by atoms with E-state index in [1.54, 1.807) is 32.4 Å². The molecule has 1 atom stereocenters. The fraction of sp³-hybridized carbons (Fsp3) is 0.281. The van der Waals surface area contributed by atoms with Crippen LogP contribution in [0.3, 0.4) is 0 Å². The number of rotatable bonds is 6. The van der Waals surface area contributed by atoms with Crippen molar-refractivity contribution in [2.24, 2.45) is 4.99 Å². The third-order valence-electron chi connectivity index (χ3n) is 7.09. The minimum atomic E-state index is -0.771. The fourth-order valence-electron chi connectivity index (χ4n) is 5.31. The van der Waals surface area contributed by atoms with Gasteiger partial charge in [-0.1, -0.05) is 39.4 Å². The topological polar surface area (TPSA) is 74.8 Å². The molecule has 0 unspecified atom stereocenters. The van der Waals surface area contributed by atoms with Crippen LogP contribution in [0.25, 0.3) is 11.8 Å². The van der Waals surface area contributed by atoms with Crippen LogP contribution in [0.15, 0.2) is 74.1 Å². The van der Waals surface area contributed by atoms with Gasteiger partial charge in [-0.05, 0) is 95.1 Å². The van der Waals surface area contributed by atoms with Crippen molar-refractivity contribution in [1.82, 2.24) is 9.13 Å². The van der Waals surface area contributed by atoms with Crippen LogP contribution in [0.4, 0.5) is 0 Å². The van der Waals surface area contributed by atoms with Gasteiger partial charge >= 0.3 is 5.97 Å². The van der Waals surface area contributed by atoms with Gasteiger partial charge in [-0.3, -0.25) is 9.36 Å². The summed E-state index contributed by atoms with van der Waals surface area (Å²) in [7, 11) is 1.57. The predicted molar refractivity (Wildman–Crippen MR) is 166 cm³/mol. The molecular weight excluding hydrogens is 602 g/mol. The summed E-state index contributed by atoms with van der Waals surface area (Å²) in [5.74, 6) is 0.0447. The lowest BCUT2D eigenvalue weighted by Gasteiger charge is -2.26. The van der Waals surface area contributed by atoms with Crippen LogP contribution in [-0.4, -0.2) is 28.3 Å². The zero-order valence-corrected chi connectivity index (χ0v) is 26.5. The molecule has 2 aromatic heterocycles. The summed E-state index contributed by atoms with van der Waals surface area (Å²) in [6.45, 7) is 11.6. The van der Waals surface area contributed by atoms with Crippen molar-refractivity contribution in [2.45, 2.75) is 53.7 Å². The molecule has 2 aromatic carbocycles. The van der Waals surface area contributed by atoms with E-state index in [-0.39, 0.29) is 11.7 Å². The summed E-state index contributed by atoms with van der Waals surface area (Å²) >= 11 is 4.86. The molecule has 0 aliphatic carbocycles. The van der Waals surface area contributed by atoms with Gasteiger partial charge < -0.3 is 14.0 Å². The van der Waals surface area contributed by atoms with E-state index in [9.17, 15) is 9.59 Å². The molecule has 212 valence electrons. The van der Waals surface area contributed by atoms with E-state index < -0.39 is 12.0 Å². The zero-order chi connectivity index (χ0) is 29.6. The predicted octanol–water partition coefficient (Wildman–Crippen LogP) is 5.67.